The Kier molecular flexibility index (Phi) is 4.20. The smallest absolute Gasteiger partial charge is 0.252 e. The van der Waals surface area contributed by atoms with Crippen molar-refractivity contribution in [1.82, 2.24) is 5.32 Å². The lowest BCUT2D eigenvalue weighted by molar-refractivity contribution is 0.0947. The lowest BCUT2D eigenvalue weighted by Crippen LogP contribution is -2.24. The van der Waals surface area contributed by atoms with Crippen LogP contribution in [0, 0.1) is 0 Å². The van der Waals surface area contributed by atoms with Gasteiger partial charge >= 0.3 is 0 Å². The fraction of sp³-hybridized carbons (Fsp3) is 0.133. The summed E-state index contributed by atoms with van der Waals surface area (Å²) >= 11 is 0. The predicted molar refractivity (Wildman–Crippen MR) is 77.2 cm³/mol. The van der Waals surface area contributed by atoms with E-state index in [1.165, 1.54) is 12.1 Å². The lowest BCUT2D eigenvalue weighted by Gasteiger charge is -2.09. The number of carbonyl (C=O) groups is 1. The van der Waals surface area contributed by atoms with Gasteiger partial charge in [0, 0.05) is 12.8 Å². The highest BCUT2D eigenvalue weighted by Crippen LogP contribution is 2.15. The van der Waals surface area contributed by atoms with Crippen LogP contribution in [0.15, 0.2) is 59.5 Å². The zero-order valence-electron chi connectivity index (χ0n) is 11.0. The van der Waals surface area contributed by atoms with Crippen molar-refractivity contribution < 1.29 is 13.2 Å². The van der Waals surface area contributed by atoms with E-state index in [-0.39, 0.29) is 10.5 Å². The number of carbonyl (C=O) groups excluding carboxylic acids is 1. The Bertz CT molecular complexity index is 709. The maximum Gasteiger partial charge on any atom is 0.252 e. The average molecular weight is 289 g/mol. The minimum absolute atomic E-state index is 0.0468. The molecule has 0 aromatic heterocycles. The lowest BCUT2D eigenvalue weighted by atomic mass is 10.2. The average Bonchev–Trinajstić information content (AvgIpc) is 2.45. The number of rotatable bonds is 4. The SMILES string of the molecule is CS(=O)(=O)c1ccccc1C(=O)NCc1ccccc1. The highest BCUT2D eigenvalue weighted by molar-refractivity contribution is 7.90. The molecule has 0 aliphatic rings. The van der Waals surface area contributed by atoms with Crippen molar-refractivity contribution in [2.75, 3.05) is 6.26 Å². The van der Waals surface area contributed by atoms with E-state index in [2.05, 4.69) is 5.32 Å². The third kappa shape index (κ3) is 3.45. The van der Waals surface area contributed by atoms with Crippen LogP contribution >= 0.6 is 0 Å². The number of amides is 1. The molecule has 0 radical (unpaired) electrons. The number of nitrogens with one attached hydrogen (secondary N) is 1. The van der Waals surface area contributed by atoms with Crippen LogP contribution in [0.2, 0.25) is 0 Å². The van der Waals surface area contributed by atoms with E-state index in [1.54, 1.807) is 12.1 Å². The van der Waals surface area contributed by atoms with Crippen molar-refractivity contribution in [3.63, 3.8) is 0 Å². The van der Waals surface area contributed by atoms with E-state index in [9.17, 15) is 13.2 Å². The summed E-state index contributed by atoms with van der Waals surface area (Å²) in [7, 11) is -3.42. The number of benzene rings is 2. The van der Waals surface area contributed by atoms with Gasteiger partial charge in [-0.3, -0.25) is 4.79 Å². The van der Waals surface area contributed by atoms with Crippen LogP contribution in [0.1, 0.15) is 15.9 Å². The molecule has 20 heavy (non-hydrogen) atoms. The predicted octanol–water partition coefficient (Wildman–Crippen LogP) is 2.02. The van der Waals surface area contributed by atoms with Crippen molar-refractivity contribution in [1.29, 1.82) is 0 Å². The Morgan fingerprint density at radius 3 is 2.25 bits per heavy atom. The molecule has 2 aromatic rings. The molecule has 0 bridgehead atoms. The molecule has 0 saturated carbocycles. The van der Waals surface area contributed by atoms with Gasteiger partial charge in [0.25, 0.3) is 5.91 Å². The standard InChI is InChI=1S/C15H15NO3S/c1-20(18,19)14-10-6-5-9-13(14)15(17)16-11-12-7-3-2-4-8-12/h2-10H,11H2,1H3,(H,16,17). The molecular weight excluding hydrogens is 274 g/mol. The van der Waals surface area contributed by atoms with Crippen LogP contribution in [0.4, 0.5) is 0 Å². The van der Waals surface area contributed by atoms with E-state index in [0.717, 1.165) is 11.8 Å². The molecular formula is C15H15NO3S. The highest BCUT2D eigenvalue weighted by Gasteiger charge is 2.17. The third-order valence-corrected chi connectivity index (χ3v) is 3.98. The topological polar surface area (TPSA) is 63.2 Å². The number of hydrogen-bond donors (Lipinski definition) is 1. The van der Waals surface area contributed by atoms with Gasteiger partial charge in [-0.05, 0) is 17.7 Å². The monoisotopic (exact) mass is 289 g/mol. The summed E-state index contributed by atoms with van der Waals surface area (Å²) in [4.78, 5) is 12.2. The van der Waals surface area contributed by atoms with E-state index in [0.29, 0.717) is 6.54 Å². The fourth-order valence-electron chi connectivity index (χ4n) is 1.85. The zero-order chi connectivity index (χ0) is 14.6. The van der Waals surface area contributed by atoms with Crippen molar-refractivity contribution >= 4 is 15.7 Å². The molecule has 5 heteroatoms. The largest absolute Gasteiger partial charge is 0.348 e. The van der Waals surface area contributed by atoms with E-state index in [4.69, 9.17) is 0 Å². The number of hydrogen-bond acceptors (Lipinski definition) is 3. The van der Waals surface area contributed by atoms with Crippen LogP contribution < -0.4 is 5.32 Å². The second-order valence-corrected chi connectivity index (χ2v) is 6.42. The molecule has 2 aromatic carbocycles. The van der Waals surface area contributed by atoms with Gasteiger partial charge in [-0.15, -0.1) is 0 Å². The minimum Gasteiger partial charge on any atom is -0.348 e. The molecule has 1 amide bonds. The molecule has 1 N–H and O–H groups in total. The van der Waals surface area contributed by atoms with Crippen molar-refractivity contribution in [2.45, 2.75) is 11.4 Å². The first-order valence-electron chi connectivity index (χ1n) is 6.09. The second kappa shape index (κ2) is 5.88. The van der Waals surface area contributed by atoms with Crippen molar-refractivity contribution in [3.8, 4) is 0 Å². The Morgan fingerprint density at radius 1 is 1.00 bits per heavy atom. The van der Waals surface area contributed by atoms with Gasteiger partial charge < -0.3 is 5.32 Å². The first kappa shape index (κ1) is 14.3. The molecule has 0 saturated heterocycles. The van der Waals surface area contributed by atoms with E-state index >= 15 is 0 Å². The summed E-state index contributed by atoms with van der Waals surface area (Å²) in [5.74, 6) is -0.394. The van der Waals surface area contributed by atoms with Gasteiger partial charge in [-0.1, -0.05) is 42.5 Å². The maximum absolute atomic E-state index is 12.1. The van der Waals surface area contributed by atoms with Crippen molar-refractivity contribution in [2.24, 2.45) is 0 Å². The first-order chi connectivity index (χ1) is 9.48. The van der Waals surface area contributed by atoms with Gasteiger partial charge in [0.2, 0.25) is 0 Å². The van der Waals surface area contributed by atoms with Crippen LogP contribution in [0.25, 0.3) is 0 Å². The summed E-state index contributed by atoms with van der Waals surface area (Å²) in [6.07, 6.45) is 1.09. The molecule has 0 atom stereocenters. The third-order valence-electron chi connectivity index (χ3n) is 2.83. The van der Waals surface area contributed by atoms with E-state index < -0.39 is 15.7 Å². The maximum atomic E-state index is 12.1. The summed E-state index contributed by atoms with van der Waals surface area (Å²) < 4.78 is 23.3. The van der Waals surface area contributed by atoms with Crippen LogP contribution in [0.5, 0.6) is 0 Å². The quantitative estimate of drug-likeness (QED) is 0.936. The van der Waals surface area contributed by atoms with Crippen molar-refractivity contribution in [3.05, 3.63) is 65.7 Å². The Morgan fingerprint density at radius 2 is 1.60 bits per heavy atom. The Labute approximate surface area is 118 Å². The van der Waals surface area contributed by atoms with Gasteiger partial charge in [0.1, 0.15) is 0 Å². The van der Waals surface area contributed by atoms with Gasteiger partial charge in [0.05, 0.1) is 10.5 Å². The van der Waals surface area contributed by atoms with Crippen LogP contribution in [-0.2, 0) is 16.4 Å². The van der Waals surface area contributed by atoms with Gasteiger partial charge in [-0.2, -0.15) is 0 Å². The summed E-state index contributed by atoms with van der Waals surface area (Å²) in [5.41, 5.74) is 1.13. The molecule has 0 aliphatic carbocycles. The Hall–Kier alpha value is -2.14. The molecule has 0 spiro atoms. The molecule has 4 nitrogen and oxygen atoms in total. The number of sulfone groups is 1. The van der Waals surface area contributed by atoms with Gasteiger partial charge in [-0.25, -0.2) is 8.42 Å². The Balaban J connectivity index is 2.18. The molecule has 0 fully saturated rings. The summed E-state index contributed by atoms with van der Waals surface area (Å²) in [6.45, 7) is 0.359. The first-order valence-corrected chi connectivity index (χ1v) is 7.99. The fourth-order valence-corrected chi connectivity index (χ4v) is 2.74. The molecule has 0 heterocycles. The molecule has 104 valence electrons. The normalized spacial score (nSPS) is 11.1. The molecule has 0 unspecified atom stereocenters. The highest BCUT2D eigenvalue weighted by atomic mass is 32.2. The summed E-state index contributed by atoms with van der Waals surface area (Å²) in [5, 5.41) is 2.72. The van der Waals surface area contributed by atoms with Gasteiger partial charge in [0.15, 0.2) is 9.84 Å². The second-order valence-electron chi connectivity index (χ2n) is 4.44. The van der Waals surface area contributed by atoms with Crippen LogP contribution in [0.3, 0.4) is 0 Å². The molecule has 0 aliphatic heterocycles. The van der Waals surface area contributed by atoms with E-state index in [1.807, 2.05) is 30.3 Å². The minimum atomic E-state index is -3.42. The summed E-state index contributed by atoms with van der Waals surface area (Å²) in [6, 6.07) is 15.6. The van der Waals surface area contributed by atoms with Crippen LogP contribution in [-0.4, -0.2) is 20.6 Å². The zero-order valence-corrected chi connectivity index (χ0v) is 11.9. The molecule has 2 rings (SSSR count).